The minimum Gasteiger partial charge on any atom is -0.389 e. The lowest BCUT2D eigenvalue weighted by molar-refractivity contribution is 0.000603. The molecule has 0 saturated carbocycles. The van der Waals surface area contributed by atoms with Crippen molar-refractivity contribution < 1.29 is 9.84 Å². The molecule has 0 aromatic carbocycles. The molecule has 1 N–H and O–H groups in total. The third kappa shape index (κ3) is 3.17. The highest BCUT2D eigenvalue weighted by Crippen LogP contribution is 2.20. The van der Waals surface area contributed by atoms with E-state index >= 15 is 0 Å². The van der Waals surface area contributed by atoms with Gasteiger partial charge in [0, 0.05) is 39.3 Å². The first-order valence-electron chi connectivity index (χ1n) is 6.43. The number of nitrogens with zero attached hydrogens (tertiary/aromatic N) is 2. The Morgan fingerprint density at radius 3 is 3.00 bits per heavy atom. The molecular formula is C12H24N2O2. The molecule has 0 spiro atoms. The molecule has 2 aliphatic rings. The zero-order valence-electron chi connectivity index (χ0n) is 10.3. The van der Waals surface area contributed by atoms with Gasteiger partial charge in [0.15, 0.2) is 0 Å². The minimum absolute atomic E-state index is 0.333. The fourth-order valence-corrected chi connectivity index (χ4v) is 2.93. The Morgan fingerprint density at radius 1 is 1.31 bits per heavy atom. The summed E-state index contributed by atoms with van der Waals surface area (Å²) in [5, 5.41) is 9.72. The molecule has 0 aromatic rings. The van der Waals surface area contributed by atoms with Gasteiger partial charge in [-0.3, -0.25) is 9.80 Å². The molecule has 2 saturated heterocycles. The fraction of sp³-hybridized carbons (Fsp3) is 1.00. The molecule has 2 aliphatic heterocycles. The van der Waals surface area contributed by atoms with Crippen LogP contribution >= 0.6 is 0 Å². The number of β-amino-alcohol motifs (C(OH)–C–C–N with tert-alkyl or cyclic N) is 1. The van der Waals surface area contributed by atoms with E-state index in [4.69, 9.17) is 4.74 Å². The zero-order chi connectivity index (χ0) is 11.4. The molecule has 2 unspecified atom stereocenters. The van der Waals surface area contributed by atoms with Crippen molar-refractivity contribution in [1.29, 1.82) is 0 Å². The van der Waals surface area contributed by atoms with Gasteiger partial charge in [-0.15, -0.1) is 0 Å². The molecule has 0 bridgehead atoms. The van der Waals surface area contributed by atoms with Crippen LogP contribution in [0.4, 0.5) is 0 Å². The number of aliphatic hydroxyl groups is 1. The molecule has 2 rings (SSSR count). The number of aliphatic hydroxyl groups excluding tert-OH is 1. The number of piperidine rings is 1. The van der Waals surface area contributed by atoms with E-state index < -0.39 is 0 Å². The SMILES string of the molecule is COCC(O)CN1CCN2CCCCC2C1. The highest BCUT2D eigenvalue weighted by atomic mass is 16.5. The number of hydrogen-bond donors (Lipinski definition) is 1. The number of piperazine rings is 1. The van der Waals surface area contributed by atoms with E-state index in [0.717, 1.165) is 25.7 Å². The Morgan fingerprint density at radius 2 is 2.19 bits per heavy atom. The summed E-state index contributed by atoms with van der Waals surface area (Å²) in [6.07, 6.45) is 3.73. The number of rotatable bonds is 4. The second-order valence-electron chi connectivity index (χ2n) is 5.05. The second kappa shape index (κ2) is 5.96. The van der Waals surface area contributed by atoms with Crippen molar-refractivity contribution >= 4 is 0 Å². The third-order valence-corrected chi connectivity index (χ3v) is 3.75. The van der Waals surface area contributed by atoms with Gasteiger partial charge in [-0.1, -0.05) is 6.42 Å². The number of ether oxygens (including phenoxy) is 1. The van der Waals surface area contributed by atoms with E-state index in [9.17, 15) is 5.11 Å². The quantitative estimate of drug-likeness (QED) is 0.744. The van der Waals surface area contributed by atoms with Crippen LogP contribution in [-0.4, -0.2) is 73.5 Å². The van der Waals surface area contributed by atoms with Crippen LogP contribution in [0.5, 0.6) is 0 Å². The molecule has 94 valence electrons. The first kappa shape index (κ1) is 12.3. The fourth-order valence-electron chi connectivity index (χ4n) is 2.93. The Bertz CT molecular complexity index is 213. The van der Waals surface area contributed by atoms with Crippen LogP contribution in [0.25, 0.3) is 0 Å². The van der Waals surface area contributed by atoms with Crippen molar-refractivity contribution in [2.24, 2.45) is 0 Å². The van der Waals surface area contributed by atoms with Gasteiger partial charge in [-0.2, -0.15) is 0 Å². The lowest BCUT2D eigenvalue weighted by Crippen LogP contribution is -2.56. The standard InChI is InChI=1S/C12H24N2O2/c1-16-10-12(15)9-13-6-7-14-5-3-2-4-11(14)8-13/h11-12,15H,2-10H2,1H3. The number of hydrogen-bond acceptors (Lipinski definition) is 4. The van der Waals surface area contributed by atoms with Crippen molar-refractivity contribution in [3.63, 3.8) is 0 Å². The Hall–Kier alpha value is -0.160. The van der Waals surface area contributed by atoms with E-state index in [0.29, 0.717) is 6.61 Å². The van der Waals surface area contributed by atoms with Gasteiger partial charge in [0.25, 0.3) is 0 Å². The average Bonchev–Trinajstić information content (AvgIpc) is 2.29. The highest BCUT2D eigenvalue weighted by Gasteiger charge is 2.29. The van der Waals surface area contributed by atoms with Gasteiger partial charge < -0.3 is 9.84 Å². The monoisotopic (exact) mass is 228 g/mol. The Balaban J connectivity index is 1.76. The predicted octanol–water partition coefficient (Wildman–Crippen LogP) is 0.164. The smallest absolute Gasteiger partial charge is 0.0900 e. The van der Waals surface area contributed by atoms with Crippen LogP contribution in [0.2, 0.25) is 0 Å². The lowest BCUT2D eigenvalue weighted by Gasteiger charge is -2.44. The summed E-state index contributed by atoms with van der Waals surface area (Å²) in [4.78, 5) is 5.00. The molecule has 0 aliphatic carbocycles. The molecule has 2 fully saturated rings. The third-order valence-electron chi connectivity index (χ3n) is 3.75. The summed E-state index contributed by atoms with van der Waals surface area (Å²) in [5.74, 6) is 0. The van der Waals surface area contributed by atoms with E-state index in [1.54, 1.807) is 7.11 Å². The van der Waals surface area contributed by atoms with Crippen LogP contribution in [0, 0.1) is 0 Å². The number of methoxy groups -OCH3 is 1. The lowest BCUT2D eigenvalue weighted by atomic mass is 9.99. The Labute approximate surface area is 98.2 Å². The van der Waals surface area contributed by atoms with Gasteiger partial charge in [-0.25, -0.2) is 0 Å². The maximum atomic E-state index is 9.72. The largest absolute Gasteiger partial charge is 0.389 e. The van der Waals surface area contributed by atoms with Crippen molar-refractivity contribution in [3.05, 3.63) is 0 Å². The summed E-state index contributed by atoms with van der Waals surface area (Å²) >= 11 is 0. The van der Waals surface area contributed by atoms with Crippen molar-refractivity contribution in [3.8, 4) is 0 Å². The van der Waals surface area contributed by atoms with Gasteiger partial charge in [0.2, 0.25) is 0 Å². The second-order valence-corrected chi connectivity index (χ2v) is 5.05. The molecule has 4 heteroatoms. The molecule has 0 radical (unpaired) electrons. The summed E-state index contributed by atoms with van der Waals surface area (Å²) < 4.78 is 4.96. The molecule has 16 heavy (non-hydrogen) atoms. The molecule has 4 nitrogen and oxygen atoms in total. The summed E-state index contributed by atoms with van der Waals surface area (Å²) in [5.41, 5.74) is 0. The zero-order valence-corrected chi connectivity index (χ0v) is 10.3. The molecule has 0 amide bonds. The summed E-state index contributed by atoms with van der Waals surface area (Å²) in [6, 6.07) is 0.734. The predicted molar refractivity (Wildman–Crippen MR) is 63.5 cm³/mol. The van der Waals surface area contributed by atoms with Crippen LogP contribution in [0.1, 0.15) is 19.3 Å². The van der Waals surface area contributed by atoms with Gasteiger partial charge >= 0.3 is 0 Å². The van der Waals surface area contributed by atoms with E-state index in [2.05, 4.69) is 9.80 Å². The van der Waals surface area contributed by atoms with Crippen molar-refractivity contribution in [1.82, 2.24) is 9.80 Å². The van der Waals surface area contributed by atoms with E-state index in [1.807, 2.05) is 0 Å². The minimum atomic E-state index is -0.333. The first-order valence-corrected chi connectivity index (χ1v) is 6.43. The highest BCUT2D eigenvalue weighted by molar-refractivity contribution is 4.85. The normalized spacial score (nSPS) is 30.0. The molecular weight excluding hydrogens is 204 g/mol. The first-order chi connectivity index (χ1) is 7.79. The van der Waals surface area contributed by atoms with Gasteiger partial charge in [0.05, 0.1) is 12.7 Å². The number of fused-ring (bicyclic) bond motifs is 1. The average molecular weight is 228 g/mol. The van der Waals surface area contributed by atoms with Crippen LogP contribution in [0.3, 0.4) is 0 Å². The van der Waals surface area contributed by atoms with E-state index in [-0.39, 0.29) is 6.10 Å². The van der Waals surface area contributed by atoms with Crippen LogP contribution in [-0.2, 0) is 4.74 Å². The molecule has 2 atom stereocenters. The maximum Gasteiger partial charge on any atom is 0.0900 e. The summed E-state index contributed by atoms with van der Waals surface area (Å²) in [7, 11) is 1.64. The Kier molecular flexibility index (Phi) is 4.58. The van der Waals surface area contributed by atoms with Gasteiger partial charge in [-0.05, 0) is 19.4 Å². The van der Waals surface area contributed by atoms with E-state index in [1.165, 1.54) is 32.4 Å². The molecule has 0 aromatic heterocycles. The van der Waals surface area contributed by atoms with Crippen molar-refractivity contribution in [2.45, 2.75) is 31.4 Å². The van der Waals surface area contributed by atoms with Crippen molar-refractivity contribution in [2.75, 3.05) is 46.4 Å². The summed E-state index contributed by atoms with van der Waals surface area (Å²) in [6.45, 7) is 5.88. The van der Waals surface area contributed by atoms with Gasteiger partial charge in [0.1, 0.15) is 0 Å². The molecule has 2 heterocycles. The maximum absolute atomic E-state index is 9.72. The van der Waals surface area contributed by atoms with Crippen LogP contribution < -0.4 is 0 Å². The van der Waals surface area contributed by atoms with Crippen LogP contribution in [0.15, 0.2) is 0 Å². The topological polar surface area (TPSA) is 35.9 Å².